The van der Waals surface area contributed by atoms with Crippen molar-refractivity contribution < 1.29 is 13.6 Å². The SMILES string of the molecule is C[C@@H](N)C(=O)NCCc1cccc(F)c1F.Cl. The van der Waals surface area contributed by atoms with E-state index in [1.54, 1.807) is 6.92 Å². The molecule has 17 heavy (non-hydrogen) atoms. The van der Waals surface area contributed by atoms with Gasteiger partial charge >= 0.3 is 0 Å². The number of halogens is 3. The first-order valence-electron chi connectivity index (χ1n) is 4.98. The van der Waals surface area contributed by atoms with Gasteiger partial charge in [0.25, 0.3) is 0 Å². The Kier molecular flexibility index (Phi) is 6.68. The van der Waals surface area contributed by atoms with E-state index < -0.39 is 17.7 Å². The summed E-state index contributed by atoms with van der Waals surface area (Å²) in [6, 6.07) is 3.37. The molecule has 0 aromatic heterocycles. The minimum Gasteiger partial charge on any atom is -0.354 e. The molecule has 0 spiro atoms. The monoisotopic (exact) mass is 264 g/mol. The fourth-order valence-electron chi connectivity index (χ4n) is 1.22. The number of amides is 1. The Bertz CT molecular complexity index is 386. The van der Waals surface area contributed by atoms with Crippen LogP contribution in [0.15, 0.2) is 18.2 Å². The number of rotatable bonds is 4. The Morgan fingerprint density at radius 2 is 2.12 bits per heavy atom. The summed E-state index contributed by atoms with van der Waals surface area (Å²) in [5.74, 6) is -2.05. The summed E-state index contributed by atoms with van der Waals surface area (Å²) in [7, 11) is 0. The summed E-state index contributed by atoms with van der Waals surface area (Å²) in [5, 5.41) is 2.52. The van der Waals surface area contributed by atoms with Crippen LogP contribution >= 0.6 is 12.4 Å². The highest BCUT2D eigenvalue weighted by atomic mass is 35.5. The van der Waals surface area contributed by atoms with Crippen LogP contribution in [0, 0.1) is 11.6 Å². The number of benzene rings is 1. The van der Waals surface area contributed by atoms with Crippen LogP contribution in [0.3, 0.4) is 0 Å². The zero-order valence-electron chi connectivity index (χ0n) is 9.37. The quantitative estimate of drug-likeness (QED) is 0.864. The lowest BCUT2D eigenvalue weighted by atomic mass is 10.1. The molecule has 0 bridgehead atoms. The molecular weight excluding hydrogens is 250 g/mol. The first-order chi connectivity index (χ1) is 7.52. The molecular formula is C11H15ClF2N2O. The van der Waals surface area contributed by atoms with Crippen LogP contribution < -0.4 is 11.1 Å². The predicted octanol–water partition coefficient (Wildman–Crippen LogP) is 1.39. The predicted molar refractivity (Wildman–Crippen MR) is 64.0 cm³/mol. The third-order valence-electron chi connectivity index (χ3n) is 2.14. The highest BCUT2D eigenvalue weighted by Crippen LogP contribution is 2.11. The van der Waals surface area contributed by atoms with Gasteiger partial charge in [-0.3, -0.25) is 4.79 Å². The first kappa shape index (κ1) is 15.8. The van der Waals surface area contributed by atoms with E-state index in [0.717, 1.165) is 6.07 Å². The first-order valence-corrected chi connectivity index (χ1v) is 4.98. The van der Waals surface area contributed by atoms with Crippen LogP contribution in [0.1, 0.15) is 12.5 Å². The van der Waals surface area contributed by atoms with Gasteiger partial charge in [0.15, 0.2) is 11.6 Å². The molecule has 1 rings (SSSR count). The van der Waals surface area contributed by atoms with Crippen molar-refractivity contribution >= 4 is 18.3 Å². The van der Waals surface area contributed by atoms with Crippen molar-refractivity contribution in [3.8, 4) is 0 Å². The molecule has 0 aliphatic carbocycles. The van der Waals surface area contributed by atoms with Gasteiger partial charge in [0.1, 0.15) is 0 Å². The molecule has 0 saturated heterocycles. The molecule has 0 aliphatic heterocycles. The van der Waals surface area contributed by atoms with Gasteiger partial charge < -0.3 is 11.1 Å². The van der Waals surface area contributed by atoms with Crippen molar-refractivity contribution in [3.63, 3.8) is 0 Å². The maximum atomic E-state index is 13.2. The van der Waals surface area contributed by atoms with E-state index >= 15 is 0 Å². The van der Waals surface area contributed by atoms with Gasteiger partial charge in [0.2, 0.25) is 5.91 Å². The molecule has 3 N–H and O–H groups in total. The molecule has 0 fully saturated rings. The van der Waals surface area contributed by atoms with E-state index in [-0.39, 0.29) is 36.8 Å². The van der Waals surface area contributed by atoms with Crippen molar-refractivity contribution in [1.29, 1.82) is 0 Å². The molecule has 0 saturated carbocycles. The molecule has 1 aromatic rings. The normalized spacial score (nSPS) is 11.5. The fourth-order valence-corrected chi connectivity index (χ4v) is 1.22. The minimum atomic E-state index is -0.879. The summed E-state index contributed by atoms with van der Waals surface area (Å²) in [6.45, 7) is 1.79. The van der Waals surface area contributed by atoms with Gasteiger partial charge in [-0.25, -0.2) is 8.78 Å². The highest BCUT2D eigenvalue weighted by molar-refractivity contribution is 5.85. The average Bonchev–Trinajstić information content (AvgIpc) is 2.24. The van der Waals surface area contributed by atoms with Crippen molar-refractivity contribution in [2.45, 2.75) is 19.4 Å². The van der Waals surface area contributed by atoms with E-state index in [1.165, 1.54) is 12.1 Å². The molecule has 1 aromatic carbocycles. The van der Waals surface area contributed by atoms with Crippen molar-refractivity contribution in [3.05, 3.63) is 35.4 Å². The lowest BCUT2D eigenvalue weighted by Gasteiger charge is -2.08. The van der Waals surface area contributed by atoms with Gasteiger partial charge in [-0.05, 0) is 25.0 Å². The van der Waals surface area contributed by atoms with Crippen LogP contribution in [0.4, 0.5) is 8.78 Å². The Labute approximate surface area is 105 Å². The lowest BCUT2D eigenvalue weighted by Crippen LogP contribution is -2.39. The van der Waals surface area contributed by atoms with Gasteiger partial charge in [-0.15, -0.1) is 12.4 Å². The molecule has 96 valence electrons. The average molecular weight is 265 g/mol. The summed E-state index contributed by atoms with van der Waals surface area (Å²) >= 11 is 0. The molecule has 1 amide bonds. The number of nitrogens with two attached hydrogens (primary N) is 1. The summed E-state index contributed by atoms with van der Waals surface area (Å²) in [5.41, 5.74) is 5.56. The second kappa shape index (κ2) is 7.19. The molecule has 0 aliphatic rings. The highest BCUT2D eigenvalue weighted by Gasteiger charge is 2.09. The number of carbonyl (C=O) groups is 1. The van der Waals surface area contributed by atoms with E-state index in [4.69, 9.17) is 5.73 Å². The van der Waals surface area contributed by atoms with E-state index in [9.17, 15) is 13.6 Å². The molecule has 0 unspecified atom stereocenters. The van der Waals surface area contributed by atoms with Crippen LogP contribution in [-0.4, -0.2) is 18.5 Å². The molecule has 0 heterocycles. The van der Waals surface area contributed by atoms with Crippen molar-refractivity contribution in [2.75, 3.05) is 6.54 Å². The van der Waals surface area contributed by atoms with Crippen LogP contribution in [-0.2, 0) is 11.2 Å². The van der Waals surface area contributed by atoms with Gasteiger partial charge in [-0.2, -0.15) is 0 Å². The number of hydrogen-bond donors (Lipinski definition) is 2. The molecule has 3 nitrogen and oxygen atoms in total. The smallest absolute Gasteiger partial charge is 0.236 e. The van der Waals surface area contributed by atoms with E-state index in [1.807, 2.05) is 0 Å². The topological polar surface area (TPSA) is 55.1 Å². The van der Waals surface area contributed by atoms with Crippen molar-refractivity contribution in [1.82, 2.24) is 5.32 Å². The lowest BCUT2D eigenvalue weighted by molar-refractivity contribution is -0.121. The summed E-state index contributed by atoms with van der Waals surface area (Å²) in [6.07, 6.45) is 0.238. The Morgan fingerprint density at radius 1 is 1.47 bits per heavy atom. The molecule has 0 radical (unpaired) electrons. The van der Waals surface area contributed by atoms with Crippen LogP contribution in [0.2, 0.25) is 0 Å². The van der Waals surface area contributed by atoms with E-state index in [0.29, 0.717) is 0 Å². The van der Waals surface area contributed by atoms with Gasteiger partial charge in [0.05, 0.1) is 6.04 Å². The van der Waals surface area contributed by atoms with Crippen molar-refractivity contribution in [2.24, 2.45) is 5.73 Å². The minimum absolute atomic E-state index is 0. The van der Waals surface area contributed by atoms with Gasteiger partial charge in [-0.1, -0.05) is 12.1 Å². The van der Waals surface area contributed by atoms with Crippen LogP contribution in [0.25, 0.3) is 0 Å². The largest absolute Gasteiger partial charge is 0.354 e. The maximum absolute atomic E-state index is 13.2. The summed E-state index contributed by atoms with van der Waals surface area (Å²) in [4.78, 5) is 11.1. The maximum Gasteiger partial charge on any atom is 0.236 e. The Morgan fingerprint density at radius 3 is 2.71 bits per heavy atom. The zero-order valence-corrected chi connectivity index (χ0v) is 10.2. The van der Waals surface area contributed by atoms with Crippen LogP contribution in [0.5, 0.6) is 0 Å². The fraction of sp³-hybridized carbons (Fsp3) is 0.364. The zero-order chi connectivity index (χ0) is 12.1. The number of carbonyl (C=O) groups excluding carboxylic acids is 1. The molecule has 6 heteroatoms. The van der Waals surface area contributed by atoms with E-state index in [2.05, 4.69) is 5.32 Å². The third kappa shape index (κ3) is 4.66. The second-order valence-electron chi connectivity index (χ2n) is 3.54. The number of nitrogens with one attached hydrogen (secondary N) is 1. The van der Waals surface area contributed by atoms with Gasteiger partial charge in [0, 0.05) is 6.54 Å². The third-order valence-corrected chi connectivity index (χ3v) is 2.14. The standard InChI is InChI=1S/C11H14F2N2O.ClH/c1-7(14)11(16)15-6-5-8-3-2-4-9(12)10(8)13;/h2-4,7H,5-6,14H2,1H3,(H,15,16);1H/t7-;/m1./s1. The summed E-state index contributed by atoms with van der Waals surface area (Å²) < 4.78 is 26.0. The molecule has 1 atom stereocenters. The Hall–Kier alpha value is -1.20. The Balaban J connectivity index is 0.00000256. The second-order valence-corrected chi connectivity index (χ2v) is 3.54. The number of hydrogen-bond acceptors (Lipinski definition) is 2.